The van der Waals surface area contributed by atoms with Gasteiger partial charge in [0.15, 0.2) is 0 Å². The van der Waals surface area contributed by atoms with Crippen molar-refractivity contribution in [2.75, 3.05) is 29.6 Å². The maximum absolute atomic E-state index is 12.4. The number of carbonyl (C=O) groups excluding carboxylic acids is 1. The van der Waals surface area contributed by atoms with E-state index in [1.807, 2.05) is 74.4 Å². The third-order valence-corrected chi connectivity index (χ3v) is 4.34. The molecule has 6 heteroatoms. The zero-order valence-corrected chi connectivity index (χ0v) is 16.2. The Morgan fingerprint density at radius 2 is 1.70 bits per heavy atom. The lowest BCUT2D eigenvalue weighted by atomic mass is 10.2. The molecular formula is C21H21ClN4O. The minimum Gasteiger partial charge on any atom is -0.378 e. The molecule has 1 heterocycles. The number of nitrogens with zero attached hydrogens (tertiary/aromatic N) is 2. The second-order valence-electron chi connectivity index (χ2n) is 6.41. The summed E-state index contributed by atoms with van der Waals surface area (Å²) in [6, 6.07) is 16.8. The van der Waals surface area contributed by atoms with Gasteiger partial charge in [-0.1, -0.05) is 11.6 Å². The molecule has 2 N–H and O–H groups in total. The predicted octanol–water partition coefficient (Wildman–Crippen LogP) is 5.11. The quantitative estimate of drug-likeness (QED) is 0.646. The van der Waals surface area contributed by atoms with Crippen molar-refractivity contribution in [1.29, 1.82) is 0 Å². The van der Waals surface area contributed by atoms with Crippen molar-refractivity contribution in [1.82, 2.24) is 4.98 Å². The number of rotatable bonds is 5. The molecule has 3 aromatic rings. The van der Waals surface area contributed by atoms with Crippen LogP contribution in [0.1, 0.15) is 16.1 Å². The Hall–Kier alpha value is -3.05. The molecule has 1 aromatic heterocycles. The molecule has 0 saturated heterocycles. The lowest BCUT2D eigenvalue weighted by Gasteiger charge is -2.13. The lowest BCUT2D eigenvalue weighted by Crippen LogP contribution is -2.14. The zero-order valence-electron chi connectivity index (χ0n) is 15.5. The van der Waals surface area contributed by atoms with Gasteiger partial charge < -0.3 is 15.5 Å². The van der Waals surface area contributed by atoms with E-state index < -0.39 is 0 Å². The molecule has 0 spiro atoms. The summed E-state index contributed by atoms with van der Waals surface area (Å²) >= 11 is 5.98. The summed E-state index contributed by atoms with van der Waals surface area (Å²) in [7, 11) is 3.94. The summed E-state index contributed by atoms with van der Waals surface area (Å²) in [4.78, 5) is 18.6. The summed E-state index contributed by atoms with van der Waals surface area (Å²) in [5, 5.41) is 6.82. The van der Waals surface area contributed by atoms with Gasteiger partial charge in [-0.05, 0) is 67.1 Å². The van der Waals surface area contributed by atoms with Crippen LogP contribution in [-0.4, -0.2) is 25.0 Å². The van der Waals surface area contributed by atoms with Gasteiger partial charge in [0.25, 0.3) is 5.91 Å². The Bertz CT molecular complexity index is 937. The van der Waals surface area contributed by atoms with Gasteiger partial charge in [-0.3, -0.25) is 4.79 Å². The van der Waals surface area contributed by atoms with E-state index in [9.17, 15) is 4.79 Å². The summed E-state index contributed by atoms with van der Waals surface area (Å²) in [5.41, 5.74) is 4.92. The fourth-order valence-electron chi connectivity index (χ4n) is 2.56. The molecule has 27 heavy (non-hydrogen) atoms. The monoisotopic (exact) mass is 380 g/mol. The van der Waals surface area contributed by atoms with Crippen molar-refractivity contribution in [3.8, 4) is 0 Å². The Morgan fingerprint density at radius 1 is 1.00 bits per heavy atom. The van der Waals surface area contributed by atoms with Crippen LogP contribution in [0.2, 0.25) is 5.02 Å². The van der Waals surface area contributed by atoms with E-state index >= 15 is 0 Å². The van der Waals surface area contributed by atoms with Crippen molar-refractivity contribution in [3.63, 3.8) is 0 Å². The first kappa shape index (κ1) is 18.7. The number of aryl methyl sites for hydroxylation is 1. The van der Waals surface area contributed by atoms with Crippen molar-refractivity contribution < 1.29 is 4.79 Å². The van der Waals surface area contributed by atoms with Gasteiger partial charge >= 0.3 is 0 Å². The molecule has 0 aliphatic rings. The van der Waals surface area contributed by atoms with E-state index in [-0.39, 0.29) is 5.91 Å². The third-order valence-electron chi connectivity index (χ3n) is 4.11. The number of halogens is 1. The molecule has 2 aromatic carbocycles. The summed E-state index contributed by atoms with van der Waals surface area (Å²) in [6.07, 6.45) is 1.64. The van der Waals surface area contributed by atoms with E-state index in [1.54, 1.807) is 12.3 Å². The van der Waals surface area contributed by atoms with E-state index in [4.69, 9.17) is 11.6 Å². The average Bonchev–Trinajstić information content (AvgIpc) is 2.65. The molecule has 0 bridgehead atoms. The number of aromatic nitrogens is 1. The van der Waals surface area contributed by atoms with Crippen molar-refractivity contribution >= 4 is 40.3 Å². The van der Waals surface area contributed by atoms with Gasteiger partial charge in [0.1, 0.15) is 5.69 Å². The molecule has 0 aliphatic heterocycles. The molecule has 138 valence electrons. The van der Waals surface area contributed by atoms with Gasteiger partial charge in [-0.15, -0.1) is 0 Å². The maximum atomic E-state index is 12.4. The molecular weight excluding hydrogens is 360 g/mol. The van der Waals surface area contributed by atoms with Crippen molar-refractivity contribution in [2.24, 2.45) is 0 Å². The van der Waals surface area contributed by atoms with Crippen LogP contribution in [0.5, 0.6) is 0 Å². The second-order valence-corrected chi connectivity index (χ2v) is 6.85. The largest absolute Gasteiger partial charge is 0.378 e. The SMILES string of the molecule is Cc1cc(Cl)ccc1Nc1ccc(C(=O)Nc2ccc(N(C)C)cc2)nc1. The van der Waals surface area contributed by atoms with Crippen molar-refractivity contribution in [3.05, 3.63) is 77.1 Å². The average molecular weight is 381 g/mol. The van der Waals surface area contributed by atoms with Gasteiger partial charge in [0.2, 0.25) is 0 Å². The number of pyridine rings is 1. The van der Waals surface area contributed by atoms with Gasteiger partial charge in [0.05, 0.1) is 11.9 Å². The molecule has 1 amide bonds. The number of anilines is 4. The van der Waals surface area contributed by atoms with E-state index in [0.717, 1.165) is 28.3 Å². The number of nitrogens with one attached hydrogen (secondary N) is 2. The zero-order chi connectivity index (χ0) is 19.4. The van der Waals surface area contributed by atoms with Gasteiger partial charge in [0, 0.05) is 36.2 Å². The molecule has 0 atom stereocenters. The highest BCUT2D eigenvalue weighted by atomic mass is 35.5. The first-order valence-electron chi connectivity index (χ1n) is 8.50. The molecule has 5 nitrogen and oxygen atoms in total. The first-order valence-corrected chi connectivity index (χ1v) is 8.88. The van der Waals surface area contributed by atoms with E-state index in [1.165, 1.54) is 0 Å². The van der Waals surface area contributed by atoms with Crippen LogP contribution in [0.25, 0.3) is 0 Å². The fraction of sp³-hybridized carbons (Fsp3) is 0.143. The van der Waals surface area contributed by atoms with E-state index in [2.05, 4.69) is 15.6 Å². The second kappa shape index (κ2) is 8.10. The topological polar surface area (TPSA) is 57.3 Å². The van der Waals surface area contributed by atoms with E-state index in [0.29, 0.717) is 10.7 Å². The molecule has 3 rings (SSSR count). The Balaban J connectivity index is 1.66. The standard InChI is InChI=1S/C21H21ClN4O/c1-14-12-15(22)4-10-19(14)24-17-7-11-20(23-13-17)21(27)25-16-5-8-18(9-6-16)26(2)3/h4-13,24H,1-3H3,(H,25,27). The summed E-state index contributed by atoms with van der Waals surface area (Å²) in [6.45, 7) is 1.98. The highest BCUT2D eigenvalue weighted by Gasteiger charge is 2.08. The smallest absolute Gasteiger partial charge is 0.274 e. The first-order chi connectivity index (χ1) is 12.9. The minimum absolute atomic E-state index is 0.248. The molecule has 0 fully saturated rings. The summed E-state index contributed by atoms with van der Waals surface area (Å²) < 4.78 is 0. The normalized spacial score (nSPS) is 10.4. The Kier molecular flexibility index (Phi) is 5.62. The van der Waals surface area contributed by atoms with Crippen LogP contribution >= 0.6 is 11.6 Å². The number of hydrogen-bond donors (Lipinski definition) is 2. The maximum Gasteiger partial charge on any atom is 0.274 e. The summed E-state index contributed by atoms with van der Waals surface area (Å²) in [5.74, 6) is -0.248. The number of benzene rings is 2. The van der Waals surface area contributed by atoms with Crippen LogP contribution in [0, 0.1) is 6.92 Å². The van der Waals surface area contributed by atoms with Crippen molar-refractivity contribution in [2.45, 2.75) is 6.92 Å². The number of hydrogen-bond acceptors (Lipinski definition) is 4. The van der Waals surface area contributed by atoms with Crippen LogP contribution in [-0.2, 0) is 0 Å². The Morgan fingerprint density at radius 3 is 2.30 bits per heavy atom. The molecule has 0 saturated carbocycles. The molecule has 0 unspecified atom stereocenters. The predicted molar refractivity (Wildman–Crippen MR) is 112 cm³/mol. The number of amides is 1. The minimum atomic E-state index is -0.248. The molecule has 0 aliphatic carbocycles. The Labute approximate surface area is 164 Å². The third kappa shape index (κ3) is 4.77. The van der Waals surface area contributed by atoms with Crippen LogP contribution < -0.4 is 15.5 Å². The van der Waals surface area contributed by atoms with Gasteiger partial charge in [-0.2, -0.15) is 0 Å². The van der Waals surface area contributed by atoms with Crippen LogP contribution in [0.4, 0.5) is 22.7 Å². The lowest BCUT2D eigenvalue weighted by molar-refractivity contribution is 0.102. The van der Waals surface area contributed by atoms with Crippen LogP contribution in [0.3, 0.4) is 0 Å². The molecule has 0 radical (unpaired) electrons. The highest BCUT2D eigenvalue weighted by Crippen LogP contribution is 2.23. The fourth-order valence-corrected chi connectivity index (χ4v) is 2.79. The van der Waals surface area contributed by atoms with Crippen LogP contribution in [0.15, 0.2) is 60.8 Å². The highest BCUT2D eigenvalue weighted by molar-refractivity contribution is 6.30. The number of carbonyl (C=O) groups is 1. The van der Waals surface area contributed by atoms with Gasteiger partial charge in [-0.25, -0.2) is 4.98 Å².